The highest BCUT2D eigenvalue weighted by atomic mass is 19.4. The molecule has 2 aromatic carbocycles. The molecule has 0 saturated heterocycles. The van der Waals surface area contributed by atoms with E-state index >= 15 is 0 Å². The second-order valence-corrected chi connectivity index (χ2v) is 5.87. The topological polar surface area (TPSA) is 38.1 Å². The highest BCUT2D eigenvalue weighted by molar-refractivity contribution is 5.93. The summed E-state index contributed by atoms with van der Waals surface area (Å²) in [6, 6.07) is 6.33. The van der Waals surface area contributed by atoms with Crippen molar-refractivity contribution in [2.45, 2.75) is 19.5 Å². The summed E-state index contributed by atoms with van der Waals surface area (Å²) >= 11 is 0. The van der Waals surface area contributed by atoms with E-state index in [1.54, 1.807) is 6.92 Å². The minimum atomic E-state index is -4.70. The summed E-state index contributed by atoms with van der Waals surface area (Å²) in [6.45, 7) is 1.64. The van der Waals surface area contributed by atoms with Gasteiger partial charge in [-0.05, 0) is 37.3 Å². The third kappa shape index (κ3) is 4.49. The lowest BCUT2D eigenvalue weighted by Crippen LogP contribution is -2.08. The van der Waals surface area contributed by atoms with E-state index in [-0.39, 0.29) is 12.0 Å². The molecule has 0 radical (unpaired) electrons. The Hall–Kier alpha value is -3.34. The van der Waals surface area contributed by atoms with E-state index in [0.717, 1.165) is 12.1 Å². The average molecular weight is 389 g/mol. The first-order chi connectivity index (χ1) is 13.2. The lowest BCUT2D eigenvalue weighted by molar-refractivity contribution is -0.137. The largest absolute Gasteiger partial charge is 0.417 e. The summed E-state index contributed by atoms with van der Waals surface area (Å²) in [4.78, 5) is 12.3. The number of nitrogens with zero attached hydrogens (tertiary/aromatic N) is 3. The van der Waals surface area contributed by atoms with Gasteiger partial charge in [-0.25, -0.2) is 23.7 Å². The van der Waals surface area contributed by atoms with Gasteiger partial charge in [-0.15, -0.1) is 0 Å². The molecule has 0 atom stereocenters. The quantitative estimate of drug-likeness (QED) is 0.332. The molecule has 0 fully saturated rings. The Kier molecular flexibility index (Phi) is 5.36. The van der Waals surface area contributed by atoms with Gasteiger partial charge in [0.15, 0.2) is 5.82 Å². The fourth-order valence-electron chi connectivity index (χ4n) is 2.45. The van der Waals surface area contributed by atoms with Gasteiger partial charge in [-0.2, -0.15) is 13.2 Å². The maximum absolute atomic E-state index is 13.3. The Balaban J connectivity index is 1.86. The van der Waals surface area contributed by atoms with Gasteiger partial charge in [0, 0.05) is 29.1 Å². The fraction of sp³-hybridized carbons (Fsp3) is 0.150. The molecule has 3 nitrogen and oxygen atoms in total. The second-order valence-electron chi connectivity index (χ2n) is 5.87. The van der Waals surface area contributed by atoms with E-state index in [1.807, 2.05) is 0 Å². The first-order valence-corrected chi connectivity index (χ1v) is 8.04. The molecule has 3 rings (SSSR count). The number of hydrogen-bond acceptors (Lipinski definition) is 3. The van der Waals surface area contributed by atoms with E-state index in [0.29, 0.717) is 28.5 Å². The number of rotatable bonds is 2. The molecular formula is C20H12F5N3. The van der Waals surface area contributed by atoms with Crippen LogP contribution in [0.25, 0.3) is 10.9 Å². The number of benzene rings is 2. The molecule has 0 N–H and O–H groups in total. The van der Waals surface area contributed by atoms with Crippen molar-refractivity contribution in [3.8, 4) is 11.8 Å². The first kappa shape index (κ1) is 19.4. The van der Waals surface area contributed by atoms with Crippen molar-refractivity contribution in [2.75, 3.05) is 0 Å². The van der Waals surface area contributed by atoms with Crippen molar-refractivity contribution in [1.29, 1.82) is 0 Å². The van der Waals surface area contributed by atoms with Gasteiger partial charge in [-0.1, -0.05) is 11.8 Å². The van der Waals surface area contributed by atoms with Gasteiger partial charge >= 0.3 is 6.18 Å². The van der Waals surface area contributed by atoms with Gasteiger partial charge in [0.2, 0.25) is 0 Å². The SMILES string of the molecule is CC(CC#Cc1ccc(F)cc1C(F)(F)F)=Nc1ncnc2cc(F)ccc12. The van der Waals surface area contributed by atoms with Gasteiger partial charge < -0.3 is 0 Å². The summed E-state index contributed by atoms with van der Waals surface area (Å²) in [5, 5.41) is 0.536. The predicted molar refractivity (Wildman–Crippen MR) is 95.2 cm³/mol. The monoisotopic (exact) mass is 389 g/mol. The normalized spacial score (nSPS) is 12.0. The number of aromatic nitrogens is 2. The van der Waals surface area contributed by atoms with Crippen LogP contribution < -0.4 is 0 Å². The van der Waals surface area contributed by atoms with E-state index < -0.39 is 23.4 Å². The Labute approximate surface area is 157 Å². The summed E-state index contributed by atoms with van der Waals surface area (Å²) in [5.74, 6) is 3.90. The molecule has 0 spiro atoms. The smallest absolute Gasteiger partial charge is 0.237 e. The standard InChI is InChI=1S/C20H12F5N3/c1-12(28-19-16-8-7-15(22)10-18(16)26-11-27-19)3-2-4-13-5-6-14(21)9-17(13)20(23,24)25/h5-11H,3H2,1H3. The van der Waals surface area contributed by atoms with Gasteiger partial charge in [0.05, 0.1) is 11.1 Å². The van der Waals surface area contributed by atoms with Gasteiger partial charge in [-0.3, -0.25) is 0 Å². The summed E-state index contributed by atoms with van der Waals surface area (Å²) in [5.41, 5.74) is -0.565. The van der Waals surface area contributed by atoms with E-state index in [9.17, 15) is 22.0 Å². The van der Waals surface area contributed by atoms with Crippen LogP contribution in [0.4, 0.5) is 27.8 Å². The molecule has 0 aliphatic rings. The molecule has 0 saturated carbocycles. The Morgan fingerprint density at radius 3 is 2.50 bits per heavy atom. The van der Waals surface area contributed by atoms with Crippen molar-refractivity contribution >= 4 is 22.4 Å². The molecule has 8 heteroatoms. The minimum absolute atomic E-state index is 0.0708. The van der Waals surface area contributed by atoms with Crippen molar-refractivity contribution in [1.82, 2.24) is 9.97 Å². The number of hydrogen-bond donors (Lipinski definition) is 0. The van der Waals surface area contributed by atoms with E-state index in [2.05, 4.69) is 26.8 Å². The molecule has 1 aromatic heterocycles. The van der Waals surface area contributed by atoms with Crippen LogP contribution in [0.2, 0.25) is 0 Å². The zero-order valence-corrected chi connectivity index (χ0v) is 14.5. The molecular weight excluding hydrogens is 377 g/mol. The molecule has 1 heterocycles. The number of aliphatic imine (C=N–C) groups is 1. The zero-order chi connectivity index (χ0) is 20.3. The first-order valence-electron chi connectivity index (χ1n) is 8.04. The van der Waals surface area contributed by atoms with Crippen LogP contribution in [0.5, 0.6) is 0 Å². The molecule has 28 heavy (non-hydrogen) atoms. The van der Waals surface area contributed by atoms with Crippen LogP contribution in [0.3, 0.4) is 0 Å². The number of halogens is 5. The Bertz CT molecular complexity index is 1120. The third-order valence-electron chi connectivity index (χ3n) is 3.73. The maximum atomic E-state index is 13.3. The van der Waals surface area contributed by atoms with Crippen molar-refractivity contribution < 1.29 is 22.0 Å². The predicted octanol–water partition coefficient (Wildman–Crippen LogP) is 5.46. The average Bonchev–Trinajstić information content (AvgIpc) is 2.62. The molecule has 0 bridgehead atoms. The lowest BCUT2D eigenvalue weighted by atomic mass is 10.1. The number of alkyl halides is 3. The Morgan fingerprint density at radius 1 is 1.04 bits per heavy atom. The van der Waals surface area contributed by atoms with Gasteiger partial charge in [0.1, 0.15) is 18.0 Å². The summed E-state index contributed by atoms with van der Waals surface area (Å²) < 4.78 is 65.3. The molecule has 0 aliphatic heterocycles. The highest BCUT2D eigenvalue weighted by Crippen LogP contribution is 2.32. The van der Waals surface area contributed by atoms with Crippen LogP contribution in [0.15, 0.2) is 47.7 Å². The lowest BCUT2D eigenvalue weighted by Gasteiger charge is -2.08. The van der Waals surface area contributed by atoms with Crippen LogP contribution in [0, 0.1) is 23.5 Å². The molecule has 3 aromatic rings. The van der Waals surface area contributed by atoms with Crippen molar-refractivity contribution in [3.05, 3.63) is 65.5 Å². The summed E-state index contributed by atoms with van der Waals surface area (Å²) in [7, 11) is 0. The van der Waals surface area contributed by atoms with Crippen LogP contribution in [-0.2, 0) is 6.18 Å². The third-order valence-corrected chi connectivity index (χ3v) is 3.73. The van der Waals surface area contributed by atoms with Crippen LogP contribution in [0.1, 0.15) is 24.5 Å². The number of fused-ring (bicyclic) bond motifs is 1. The second kappa shape index (κ2) is 7.72. The van der Waals surface area contributed by atoms with Crippen molar-refractivity contribution in [3.63, 3.8) is 0 Å². The molecule has 0 amide bonds. The maximum Gasteiger partial charge on any atom is 0.417 e. The minimum Gasteiger partial charge on any atom is -0.237 e. The zero-order valence-electron chi connectivity index (χ0n) is 14.5. The van der Waals surface area contributed by atoms with Crippen LogP contribution in [-0.4, -0.2) is 15.7 Å². The van der Waals surface area contributed by atoms with Crippen molar-refractivity contribution in [2.24, 2.45) is 4.99 Å². The van der Waals surface area contributed by atoms with Gasteiger partial charge in [0.25, 0.3) is 0 Å². The fourth-order valence-corrected chi connectivity index (χ4v) is 2.45. The van der Waals surface area contributed by atoms with Crippen LogP contribution >= 0.6 is 0 Å². The molecule has 0 unspecified atom stereocenters. The summed E-state index contributed by atoms with van der Waals surface area (Å²) in [6.07, 6.45) is -3.39. The van der Waals surface area contributed by atoms with E-state index in [1.165, 1.54) is 24.5 Å². The van der Waals surface area contributed by atoms with E-state index in [4.69, 9.17) is 0 Å². The molecule has 0 aliphatic carbocycles. The highest BCUT2D eigenvalue weighted by Gasteiger charge is 2.33. The molecule has 142 valence electrons. The Morgan fingerprint density at radius 2 is 1.75 bits per heavy atom.